The molecular formula is C24H21F3N4O3. The monoisotopic (exact) mass is 470 g/mol. The molecule has 2 aromatic carbocycles. The molecule has 0 radical (unpaired) electrons. The van der Waals surface area contributed by atoms with E-state index in [2.05, 4.69) is 15.6 Å². The fraction of sp³-hybridized carbons (Fsp3) is 0.208. The van der Waals surface area contributed by atoms with Crippen LogP contribution >= 0.6 is 0 Å². The van der Waals surface area contributed by atoms with Crippen LogP contribution < -0.4 is 10.1 Å². The number of aryl methyl sites for hydroxylation is 2. The van der Waals surface area contributed by atoms with E-state index >= 15 is 0 Å². The van der Waals surface area contributed by atoms with Crippen molar-refractivity contribution in [3.8, 4) is 11.4 Å². The molecule has 0 saturated carbocycles. The van der Waals surface area contributed by atoms with Crippen molar-refractivity contribution in [3.63, 3.8) is 0 Å². The van der Waals surface area contributed by atoms with Crippen molar-refractivity contribution in [3.05, 3.63) is 89.1 Å². The second-order valence-corrected chi connectivity index (χ2v) is 7.64. The molecule has 1 amide bonds. The molecule has 10 heteroatoms. The van der Waals surface area contributed by atoms with Crippen LogP contribution in [-0.2, 0) is 24.0 Å². The first-order chi connectivity index (χ1) is 16.2. The van der Waals surface area contributed by atoms with Crippen LogP contribution in [0.1, 0.15) is 28.1 Å². The Labute approximate surface area is 193 Å². The van der Waals surface area contributed by atoms with Crippen LogP contribution in [0.2, 0.25) is 0 Å². The van der Waals surface area contributed by atoms with Crippen molar-refractivity contribution in [2.45, 2.75) is 33.1 Å². The lowest BCUT2D eigenvalue weighted by molar-refractivity contribution is -0.137. The molecule has 7 nitrogen and oxygen atoms in total. The number of nitrogens with one attached hydrogen (secondary N) is 1. The third-order valence-corrected chi connectivity index (χ3v) is 5.20. The largest absolute Gasteiger partial charge is 0.489 e. The lowest BCUT2D eigenvalue weighted by Crippen LogP contribution is -2.17. The van der Waals surface area contributed by atoms with Crippen molar-refractivity contribution in [1.82, 2.24) is 14.9 Å². The van der Waals surface area contributed by atoms with Gasteiger partial charge in [-0.2, -0.15) is 18.3 Å². The average molecular weight is 470 g/mol. The molecule has 0 unspecified atom stereocenters. The summed E-state index contributed by atoms with van der Waals surface area (Å²) in [6.07, 6.45) is -1.49. The predicted octanol–water partition coefficient (Wildman–Crippen LogP) is 5.26. The van der Waals surface area contributed by atoms with Crippen LogP contribution in [0.4, 0.5) is 18.9 Å². The molecule has 176 valence electrons. The molecule has 0 fully saturated rings. The van der Waals surface area contributed by atoms with Crippen LogP contribution in [0.15, 0.2) is 65.4 Å². The first-order valence-electron chi connectivity index (χ1n) is 10.4. The van der Waals surface area contributed by atoms with E-state index in [1.54, 1.807) is 36.5 Å². The molecule has 0 saturated heterocycles. The highest BCUT2D eigenvalue weighted by Crippen LogP contribution is 2.33. The number of ether oxygens (including phenoxy) is 1. The SMILES string of the molecule is Cc1noc(C)c1COc1ccc(CC(=O)Nc2cc(C(F)(F)F)ccc2-n2cccn2)cc1. The maximum atomic E-state index is 13.2. The van der Waals surface area contributed by atoms with E-state index in [0.29, 0.717) is 29.4 Å². The molecule has 2 aromatic heterocycles. The minimum atomic E-state index is -4.54. The van der Waals surface area contributed by atoms with Gasteiger partial charge in [0.05, 0.1) is 34.6 Å². The van der Waals surface area contributed by atoms with Crippen LogP contribution in [0.25, 0.3) is 5.69 Å². The van der Waals surface area contributed by atoms with Gasteiger partial charge in [-0.15, -0.1) is 0 Å². The van der Waals surface area contributed by atoms with Crippen molar-refractivity contribution < 1.29 is 27.2 Å². The van der Waals surface area contributed by atoms with Gasteiger partial charge in [0.25, 0.3) is 0 Å². The Morgan fingerprint density at radius 3 is 2.53 bits per heavy atom. The first kappa shape index (κ1) is 23.1. The van der Waals surface area contributed by atoms with E-state index in [1.807, 2.05) is 13.8 Å². The van der Waals surface area contributed by atoms with Gasteiger partial charge in [-0.25, -0.2) is 4.68 Å². The fourth-order valence-electron chi connectivity index (χ4n) is 3.37. The molecule has 1 N–H and O–H groups in total. The molecule has 0 aliphatic heterocycles. The highest BCUT2D eigenvalue weighted by molar-refractivity contribution is 5.94. The molecule has 0 aliphatic carbocycles. The van der Waals surface area contributed by atoms with Gasteiger partial charge in [-0.05, 0) is 55.8 Å². The summed E-state index contributed by atoms with van der Waals surface area (Å²) in [6, 6.07) is 11.7. The van der Waals surface area contributed by atoms with Gasteiger partial charge >= 0.3 is 6.18 Å². The Bertz CT molecular complexity index is 1260. The zero-order valence-electron chi connectivity index (χ0n) is 18.4. The summed E-state index contributed by atoms with van der Waals surface area (Å²) in [5.74, 6) is 0.829. The molecule has 0 aliphatic rings. The van der Waals surface area contributed by atoms with Gasteiger partial charge in [0, 0.05) is 12.4 Å². The van der Waals surface area contributed by atoms with Gasteiger partial charge in [0.2, 0.25) is 5.91 Å². The first-order valence-corrected chi connectivity index (χ1v) is 10.4. The van der Waals surface area contributed by atoms with Crippen LogP contribution in [0.3, 0.4) is 0 Å². The maximum Gasteiger partial charge on any atom is 0.416 e. The quantitative estimate of drug-likeness (QED) is 0.399. The van der Waals surface area contributed by atoms with Crippen molar-refractivity contribution in [1.29, 1.82) is 0 Å². The fourth-order valence-corrected chi connectivity index (χ4v) is 3.37. The molecule has 4 aromatic rings. The number of hydrogen-bond acceptors (Lipinski definition) is 5. The molecule has 0 atom stereocenters. The molecule has 0 bridgehead atoms. The third-order valence-electron chi connectivity index (χ3n) is 5.20. The second-order valence-electron chi connectivity index (χ2n) is 7.64. The minimum absolute atomic E-state index is 0.0166. The number of hydrogen-bond donors (Lipinski definition) is 1. The zero-order valence-corrected chi connectivity index (χ0v) is 18.4. The number of halogens is 3. The van der Waals surface area contributed by atoms with E-state index < -0.39 is 17.6 Å². The van der Waals surface area contributed by atoms with Gasteiger partial charge in [-0.1, -0.05) is 17.3 Å². The maximum absolute atomic E-state index is 13.2. The number of nitrogens with zero attached hydrogens (tertiary/aromatic N) is 3. The zero-order chi connectivity index (χ0) is 24.3. The van der Waals surface area contributed by atoms with Crippen LogP contribution in [-0.4, -0.2) is 20.8 Å². The molecule has 34 heavy (non-hydrogen) atoms. The number of anilines is 1. The number of rotatable bonds is 7. The Kier molecular flexibility index (Phi) is 6.40. The van der Waals surface area contributed by atoms with Gasteiger partial charge in [0.15, 0.2) is 0 Å². The van der Waals surface area contributed by atoms with Gasteiger partial charge in [0.1, 0.15) is 18.1 Å². The minimum Gasteiger partial charge on any atom is -0.489 e. The number of alkyl halides is 3. The van der Waals surface area contributed by atoms with Crippen LogP contribution in [0.5, 0.6) is 5.75 Å². The van der Waals surface area contributed by atoms with Crippen molar-refractivity contribution in [2.24, 2.45) is 0 Å². The lowest BCUT2D eigenvalue weighted by atomic mass is 10.1. The van der Waals surface area contributed by atoms with E-state index in [0.717, 1.165) is 23.4 Å². The summed E-state index contributed by atoms with van der Waals surface area (Å²) in [5, 5.41) is 10.5. The summed E-state index contributed by atoms with van der Waals surface area (Å²) < 4.78 is 51.9. The number of benzene rings is 2. The van der Waals surface area contributed by atoms with E-state index in [9.17, 15) is 18.0 Å². The molecule has 2 heterocycles. The second kappa shape index (κ2) is 9.42. The Hall–Kier alpha value is -4.08. The summed E-state index contributed by atoms with van der Waals surface area (Å²) in [7, 11) is 0. The molecular weight excluding hydrogens is 449 g/mol. The highest BCUT2D eigenvalue weighted by Gasteiger charge is 2.31. The molecule has 4 rings (SSSR count). The van der Waals surface area contributed by atoms with Crippen LogP contribution in [0, 0.1) is 13.8 Å². The average Bonchev–Trinajstić information content (AvgIpc) is 3.43. The van der Waals surface area contributed by atoms with Crippen molar-refractivity contribution in [2.75, 3.05) is 5.32 Å². The smallest absolute Gasteiger partial charge is 0.416 e. The summed E-state index contributed by atoms with van der Waals surface area (Å²) in [5.41, 5.74) is 1.79. The van der Waals surface area contributed by atoms with E-state index in [4.69, 9.17) is 9.26 Å². The summed E-state index contributed by atoms with van der Waals surface area (Å²) in [6.45, 7) is 3.94. The number of aromatic nitrogens is 3. The topological polar surface area (TPSA) is 82.2 Å². The Morgan fingerprint density at radius 1 is 1.15 bits per heavy atom. The standard InChI is InChI=1S/C24H21F3N4O3/c1-15-20(16(2)34-30-15)14-33-19-7-4-17(5-8-19)12-23(32)29-21-13-18(24(25,26)27)6-9-22(21)31-11-3-10-28-31/h3-11,13H,12,14H2,1-2H3,(H,29,32). The van der Waals surface area contributed by atoms with Crippen molar-refractivity contribution >= 4 is 11.6 Å². The van der Waals surface area contributed by atoms with E-state index in [-0.39, 0.29) is 12.1 Å². The third kappa shape index (κ3) is 5.28. The summed E-state index contributed by atoms with van der Waals surface area (Å²) in [4.78, 5) is 12.6. The normalized spacial score (nSPS) is 11.4. The highest BCUT2D eigenvalue weighted by atomic mass is 19.4. The summed E-state index contributed by atoms with van der Waals surface area (Å²) >= 11 is 0. The lowest BCUT2D eigenvalue weighted by Gasteiger charge is -2.15. The number of carbonyl (C=O) groups excluding carboxylic acids is 1. The predicted molar refractivity (Wildman–Crippen MR) is 118 cm³/mol. The molecule has 0 spiro atoms. The van der Waals surface area contributed by atoms with Gasteiger partial charge < -0.3 is 14.6 Å². The number of amides is 1. The van der Waals surface area contributed by atoms with Gasteiger partial charge in [-0.3, -0.25) is 4.79 Å². The Morgan fingerprint density at radius 2 is 1.91 bits per heavy atom. The Balaban J connectivity index is 1.44. The van der Waals surface area contributed by atoms with E-state index in [1.165, 1.54) is 16.9 Å². The number of carbonyl (C=O) groups is 1.